The first-order valence-corrected chi connectivity index (χ1v) is 14.2. The molecule has 222 valence electrons. The van der Waals surface area contributed by atoms with Crippen LogP contribution in [0.5, 0.6) is 5.75 Å². The van der Waals surface area contributed by atoms with E-state index in [0.29, 0.717) is 30.8 Å². The van der Waals surface area contributed by atoms with Gasteiger partial charge in [-0.25, -0.2) is 4.79 Å². The Balaban J connectivity index is 1.11. The number of benzene rings is 2. The molecule has 3 aromatic rings. The lowest BCUT2D eigenvalue weighted by molar-refractivity contribution is -0.137. The molecular formula is C30H32F3N5O4. The lowest BCUT2D eigenvalue weighted by atomic mass is 10.00. The van der Waals surface area contributed by atoms with Gasteiger partial charge >= 0.3 is 12.3 Å². The number of ether oxygens (including phenoxy) is 1. The summed E-state index contributed by atoms with van der Waals surface area (Å²) >= 11 is 0. The molecule has 1 fully saturated rings. The van der Waals surface area contributed by atoms with Gasteiger partial charge in [-0.05, 0) is 50.1 Å². The number of amides is 2. The molecule has 0 saturated carbocycles. The van der Waals surface area contributed by atoms with Gasteiger partial charge in [-0.15, -0.1) is 0 Å². The Morgan fingerprint density at radius 2 is 1.76 bits per heavy atom. The standard InChI is InChI=1S/C30H32F3N5O4/c31-30(32,33)21-8-6-20(7-9-21)28-23-18-36(29(40)41)17-12-24(23)37(34-28)14-3-13-35-15-10-22(11-16-35)38-25-4-1-2-5-26(25)42-19-27(38)39/h1-2,4-9,22H,3,10-19H2,(H,40,41). The van der Waals surface area contributed by atoms with Crippen LogP contribution in [0.25, 0.3) is 11.3 Å². The molecule has 4 heterocycles. The summed E-state index contributed by atoms with van der Waals surface area (Å²) in [5.74, 6) is 0.727. The summed E-state index contributed by atoms with van der Waals surface area (Å²) in [5, 5.41) is 14.3. The zero-order chi connectivity index (χ0) is 29.4. The first-order valence-electron chi connectivity index (χ1n) is 14.2. The van der Waals surface area contributed by atoms with E-state index >= 15 is 0 Å². The molecule has 3 aliphatic heterocycles. The minimum Gasteiger partial charge on any atom is -0.482 e. The van der Waals surface area contributed by atoms with Crippen LogP contribution in [-0.2, 0) is 30.5 Å². The second-order valence-electron chi connectivity index (χ2n) is 11.0. The molecule has 3 aliphatic rings. The van der Waals surface area contributed by atoms with Crippen molar-refractivity contribution in [3.8, 4) is 17.0 Å². The summed E-state index contributed by atoms with van der Waals surface area (Å²) in [4.78, 5) is 30.0. The minimum atomic E-state index is -4.44. The number of carbonyl (C=O) groups excluding carboxylic acids is 1. The number of likely N-dealkylation sites (tertiary alicyclic amines) is 1. The molecule has 0 spiro atoms. The fraction of sp³-hybridized carbons (Fsp3) is 0.433. The summed E-state index contributed by atoms with van der Waals surface area (Å²) < 4.78 is 46.8. The quantitative estimate of drug-likeness (QED) is 0.445. The lowest BCUT2D eigenvalue weighted by Gasteiger charge is -2.40. The van der Waals surface area contributed by atoms with Crippen LogP contribution >= 0.6 is 0 Å². The fourth-order valence-corrected chi connectivity index (χ4v) is 6.26. The van der Waals surface area contributed by atoms with Gasteiger partial charge in [-0.2, -0.15) is 18.3 Å². The second kappa shape index (κ2) is 11.3. The zero-order valence-electron chi connectivity index (χ0n) is 23.0. The molecule has 2 amide bonds. The van der Waals surface area contributed by atoms with Gasteiger partial charge in [-0.1, -0.05) is 24.3 Å². The van der Waals surface area contributed by atoms with Crippen molar-refractivity contribution >= 4 is 17.7 Å². The van der Waals surface area contributed by atoms with Crippen molar-refractivity contribution in [2.75, 3.05) is 37.7 Å². The SMILES string of the molecule is O=C(O)N1CCc2c(c(-c3ccc(C(F)(F)F)cc3)nn2CCCN2CCC(N3C(=O)COc4ccccc43)CC2)C1. The van der Waals surface area contributed by atoms with Gasteiger partial charge in [0.15, 0.2) is 6.61 Å². The highest BCUT2D eigenvalue weighted by Gasteiger charge is 2.34. The highest BCUT2D eigenvalue weighted by atomic mass is 19.4. The van der Waals surface area contributed by atoms with Gasteiger partial charge in [-0.3, -0.25) is 9.48 Å². The van der Waals surface area contributed by atoms with Crippen LogP contribution in [0.2, 0.25) is 0 Å². The third-order valence-corrected chi connectivity index (χ3v) is 8.40. The van der Waals surface area contributed by atoms with E-state index in [2.05, 4.69) is 4.90 Å². The first kappa shape index (κ1) is 28.1. The lowest BCUT2D eigenvalue weighted by Crippen LogP contribution is -2.50. The van der Waals surface area contributed by atoms with Crippen LogP contribution in [0.1, 0.15) is 36.1 Å². The van der Waals surface area contributed by atoms with Crippen LogP contribution in [0.15, 0.2) is 48.5 Å². The van der Waals surface area contributed by atoms with Crippen LogP contribution in [0, 0.1) is 0 Å². The zero-order valence-corrected chi connectivity index (χ0v) is 23.0. The summed E-state index contributed by atoms with van der Waals surface area (Å²) in [6.45, 7) is 3.73. The monoisotopic (exact) mass is 583 g/mol. The van der Waals surface area contributed by atoms with Crippen molar-refractivity contribution in [3.63, 3.8) is 0 Å². The van der Waals surface area contributed by atoms with Crippen molar-refractivity contribution in [1.82, 2.24) is 19.6 Å². The number of alkyl halides is 3. The van der Waals surface area contributed by atoms with E-state index in [1.54, 1.807) is 0 Å². The number of halogens is 3. The van der Waals surface area contributed by atoms with E-state index in [1.807, 2.05) is 33.8 Å². The van der Waals surface area contributed by atoms with Crippen LogP contribution < -0.4 is 9.64 Å². The summed E-state index contributed by atoms with van der Waals surface area (Å²) in [6, 6.07) is 12.6. The third-order valence-electron chi connectivity index (χ3n) is 8.40. The van der Waals surface area contributed by atoms with Crippen LogP contribution in [0.4, 0.5) is 23.7 Å². The number of piperidine rings is 1. The van der Waals surface area contributed by atoms with Crippen molar-refractivity contribution < 1.29 is 32.6 Å². The minimum absolute atomic E-state index is 0.0130. The maximum atomic E-state index is 13.1. The number of aryl methyl sites for hydroxylation is 1. The van der Waals surface area contributed by atoms with E-state index in [4.69, 9.17) is 9.84 Å². The third kappa shape index (κ3) is 5.55. The van der Waals surface area contributed by atoms with Crippen molar-refractivity contribution in [1.29, 1.82) is 0 Å². The Morgan fingerprint density at radius 1 is 1.02 bits per heavy atom. The number of aromatic nitrogens is 2. The Labute approximate surface area is 241 Å². The molecule has 6 rings (SSSR count). The predicted molar refractivity (Wildman–Crippen MR) is 148 cm³/mol. The Kier molecular flexibility index (Phi) is 7.56. The van der Waals surface area contributed by atoms with E-state index in [9.17, 15) is 27.9 Å². The second-order valence-corrected chi connectivity index (χ2v) is 11.0. The molecule has 9 nitrogen and oxygen atoms in total. The Hall–Kier alpha value is -4.06. The summed E-state index contributed by atoms with van der Waals surface area (Å²) in [7, 11) is 0. The van der Waals surface area contributed by atoms with Gasteiger partial charge in [0.2, 0.25) is 0 Å². The molecule has 0 aliphatic carbocycles. The fourth-order valence-electron chi connectivity index (χ4n) is 6.26. The number of anilines is 1. The molecule has 0 unspecified atom stereocenters. The summed E-state index contributed by atoms with van der Waals surface area (Å²) in [5.41, 5.74) is 2.84. The average Bonchev–Trinajstić information content (AvgIpc) is 3.35. The van der Waals surface area contributed by atoms with Crippen molar-refractivity contribution in [2.24, 2.45) is 0 Å². The van der Waals surface area contributed by atoms with Gasteiger partial charge in [0.25, 0.3) is 5.91 Å². The van der Waals surface area contributed by atoms with Crippen LogP contribution in [-0.4, -0.2) is 75.5 Å². The Morgan fingerprint density at radius 3 is 2.48 bits per heavy atom. The number of para-hydroxylation sites is 2. The number of hydrogen-bond acceptors (Lipinski definition) is 5. The van der Waals surface area contributed by atoms with Gasteiger partial charge in [0, 0.05) is 55.5 Å². The van der Waals surface area contributed by atoms with Gasteiger partial charge in [0.05, 0.1) is 23.5 Å². The van der Waals surface area contributed by atoms with Crippen molar-refractivity contribution in [2.45, 2.75) is 51.0 Å². The van der Waals surface area contributed by atoms with E-state index in [-0.39, 0.29) is 25.1 Å². The summed E-state index contributed by atoms with van der Waals surface area (Å²) in [6.07, 6.45) is -2.44. The van der Waals surface area contributed by atoms with Crippen molar-refractivity contribution in [3.05, 3.63) is 65.4 Å². The van der Waals surface area contributed by atoms with Gasteiger partial charge in [0.1, 0.15) is 5.75 Å². The number of fused-ring (bicyclic) bond motifs is 2. The molecule has 12 heteroatoms. The average molecular weight is 584 g/mol. The molecule has 42 heavy (non-hydrogen) atoms. The molecule has 1 aromatic heterocycles. The normalized spacial score (nSPS) is 18.0. The molecule has 0 bridgehead atoms. The van der Waals surface area contributed by atoms with Crippen LogP contribution in [0.3, 0.4) is 0 Å². The molecule has 1 N–H and O–H groups in total. The number of carboxylic acid groups (broad SMARTS) is 1. The number of carbonyl (C=O) groups is 2. The molecule has 2 aromatic carbocycles. The molecule has 0 radical (unpaired) electrons. The number of nitrogens with zero attached hydrogens (tertiary/aromatic N) is 5. The predicted octanol–water partition coefficient (Wildman–Crippen LogP) is 4.89. The van der Waals surface area contributed by atoms with Gasteiger partial charge < -0.3 is 24.5 Å². The van der Waals surface area contributed by atoms with E-state index in [0.717, 1.165) is 73.7 Å². The highest BCUT2D eigenvalue weighted by Crippen LogP contribution is 2.36. The topological polar surface area (TPSA) is 91.1 Å². The molecular weight excluding hydrogens is 551 g/mol. The maximum Gasteiger partial charge on any atom is 0.416 e. The maximum absolute atomic E-state index is 13.1. The highest BCUT2D eigenvalue weighted by molar-refractivity contribution is 5.98. The number of hydrogen-bond donors (Lipinski definition) is 1. The molecule has 1 saturated heterocycles. The molecule has 0 atom stereocenters. The van der Waals surface area contributed by atoms with E-state index in [1.165, 1.54) is 17.0 Å². The van der Waals surface area contributed by atoms with E-state index < -0.39 is 17.8 Å². The largest absolute Gasteiger partial charge is 0.482 e. The number of rotatable bonds is 6. The smallest absolute Gasteiger partial charge is 0.416 e. The Bertz CT molecular complexity index is 1460. The first-order chi connectivity index (χ1) is 20.2.